The molecule has 3 rings (SSSR count). The first kappa shape index (κ1) is 26.7. The lowest BCUT2D eigenvalue weighted by molar-refractivity contribution is 0.102. The van der Waals surface area contributed by atoms with E-state index in [1.54, 1.807) is 24.3 Å². The van der Waals surface area contributed by atoms with E-state index in [4.69, 9.17) is 11.6 Å². The van der Waals surface area contributed by atoms with E-state index in [-0.39, 0.29) is 23.0 Å². The normalized spacial score (nSPS) is 12.4. The fourth-order valence-corrected chi connectivity index (χ4v) is 5.66. The number of amides is 1. The summed E-state index contributed by atoms with van der Waals surface area (Å²) in [5.41, 5.74) is 2.18. The molecule has 0 bridgehead atoms. The van der Waals surface area contributed by atoms with E-state index in [2.05, 4.69) is 5.32 Å². The molecule has 0 radical (unpaired) electrons. The molecule has 35 heavy (non-hydrogen) atoms. The second-order valence-corrected chi connectivity index (χ2v) is 10.8. The maximum Gasteiger partial charge on any atom is 0.255 e. The number of hydrogen-bond donors (Lipinski definition) is 1. The Morgan fingerprint density at radius 2 is 1.77 bits per heavy atom. The molecule has 0 aromatic heterocycles. The number of hydrogen-bond acceptors (Lipinski definition) is 4. The SMILES string of the molecule is CC[C@H](C)N(Cc1cc(NC(=O)c2cccc(F)c2)ccc1N(C)C)S(=O)(=O)c1cccc(Cl)c1. The van der Waals surface area contributed by atoms with E-state index < -0.39 is 21.7 Å². The number of sulfonamides is 1. The number of anilines is 2. The van der Waals surface area contributed by atoms with Crippen molar-refractivity contribution in [2.75, 3.05) is 24.3 Å². The number of carbonyl (C=O) groups is 1. The van der Waals surface area contributed by atoms with Crippen molar-refractivity contribution in [2.45, 2.75) is 37.8 Å². The molecule has 1 amide bonds. The fraction of sp³-hybridized carbons (Fsp3) is 0.269. The number of nitrogens with zero attached hydrogens (tertiary/aromatic N) is 2. The van der Waals surface area contributed by atoms with Gasteiger partial charge in [-0.05, 0) is 73.5 Å². The Morgan fingerprint density at radius 1 is 1.06 bits per heavy atom. The Kier molecular flexibility index (Phi) is 8.53. The molecule has 0 fully saturated rings. The molecule has 186 valence electrons. The summed E-state index contributed by atoms with van der Waals surface area (Å²) in [5.74, 6) is -0.963. The summed E-state index contributed by atoms with van der Waals surface area (Å²) in [6.07, 6.45) is 0.604. The van der Waals surface area contributed by atoms with Crippen LogP contribution in [0.15, 0.2) is 71.6 Å². The van der Waals surface area contributed by atoms with Crippen LogP contribution >= 0.6 is 11.6 Å². The van der Waals surface area contributed by atoms with E-state index in [0.717, 1.165) is 11.8 Å². The molecule has 9 heteroatoms. The van der Waals surface area contributed by atoms with Crippen molar-refractivity contribution in [3.05, 3.63) is 88.7 Å². The van der Waals surface area contributed by atoms with Gasteiger partial charge in [0.15, 0.2) is 0 Å². The van der Waals surface area contributed by atoms with Crippen LogP contribution < -0.4 is 10.2 Å². The Morgan fingerprint density at radius 3 is 2.40 bits per heavy atom. The Bertz CT molecular complexity index is 1310. The number of benzene rings is 3. The van der Waals surface area contributed by atoms with Gasteiger partial charge in [-0.3, -0.25) is 4.79 Å². The molecule has 0 heterocycles. The quantitative estimate of drug-likeness (QED) is 0.390. The average Bonchev–Trinajstić information content (AvgIpc) is 2.81. The minimum absolute atomic E-state index is 0.0844. The van der Waals surface area contributed by atoms with Crippen molar-refractivity contribution >= 4 is 38.9 Å². The van der Waals surface area contributed by atoms with Gasteiger partial charge >= 0.3 is 0 Å². The van der Waals surface area contributed by atoms with Gasteiger partial charge in [-0.2, -0.15) is 4.31 Å². The molecular formula is C26H29ClFN3O3S. The second-order valence-electron chi connectivity index (χ2n) is 8.47. The van der Waals surface area contributed by atoms with Gasteiger partial charge in [0, 0.05) is 48.6 Å². The Balaban J connectivity index is 1.99. The van der Waals surface area contributed by atoms with Crippen LogP contribution in [0.1, 0.15) is 36.2 Å². The summed E-state index contributed by atoms with van der Waals surface area (Å²) in [4.78, 5) is 14.6. The first-order chi connectivity index (χ1) is 16.5. The zero-order chi connectivity index (χ0) is 25.8. The van der Waals surface area contributed by atoms with Gasteiger partial charge in [0.25, 0.3) is 5.91 Å². The lowest BCUT2D eigenvalue weighted by atomic mass is 10.1. The molecule has 1 N–H and O–H groups in total. The lowest BCUT2D eigenvalue weighted by Crippen LogP contribution is -2.38. The smallest absolute Gasteiger partial charge is 0.255 e. The zero-order valence-electron chi connectivity index (χ0n) is 20.1. The van der Waals surface area contributed by atoms with Crippen LogP contribution in [-0.2, 0) is 16.6 Å². The molecule has 0 saturated heterocycles. The number of halogens is 2. The van der Waals surface area contributed by atoms with Crippen molar-refractivity contribution in [3.63, 3.8) is 0 Å². The van der Waals surface area contributed by atoms with E-state index in [1.807, 2.05) is 38.9 Å². The van der Waals surface area contributed by atoms with Crippen LogP contribution in [0.4, 0.5) is 15.8 Å². The molecule has 0 aliphatic heterocycles. The Labute approximate surface area is 211 Å². The number of nitrogens with one attached hydrogen (secondary N) is 1. The molecule has 0 saturated carbocycles. The van der Waals surface area contributed by atoms with Crippen LogP contribution in [0, 0.1) is 5.82 Å². The van der Waals surface area contributed by atoms with E-state index >= 15 is 0 Å². The minimum Gasteiger partial charge on any atom is -0.377 e. The molecule has 0 spiro atoms. The predicted octanol–water partition coefficient (Wildman–Crippen LogP) is 5.79. The van der Waals surface area contributed by atoms with Gasteiger partial charge < -0.3 is 10.2 Å². The molecule has 3 aromatic rings. The fourth-order valence-electron chi connectivity index (χ4n) is 3.67. The molecule has 0 aliphatic rings. The second kappa shape index (κ2) is 11.2. The average molecular weight is 518 g/mol. The van der Waals surface area contributed by atoms with Crippen LogP contribution in [0.3, 0.4) is 0 Å². The molecule has 6 nitrogen and oxygen atoms in total. The van der Waals surface area contributed by atoms with E-state index in [0.29, 0.717) is 22.7 Å². The van der Waals surface area contributed by atoms with Crippen molar-refractivity contribution in [2.24, 2.45) is 0 Å². The van der Waals surface area contributed by atoms with Gasteiger partial charge in [0.05, 0.1) is 4.90 Å². The third-order valence-electron chi connectivity index (χ3n) is 5.72. The number of rotatable bonds is 9. The van der Waals surface area contributed by atoms with Crippen LogP contribution in [0.2, 0.25) is 5.02 Å². The largest absolute Gasteiger partial charge is 0.377 e. The highest BCUT2D eigenvalue weighted by Crippen LogP contribution is 2.30. The standard InChI is InChI=1S/C26H29ClFN3O3S/c1-5-18(2)31(35(33,34)24-11-7-9-21(27)16-24)17-20-15-23(12-13-25(20)30(3)4)29-26(32)19-8-6-10-22(28)14-19/h6-16,18H,5,17H2,1-4H3,(H,29,32)/t18-/m0/s1. The topological polar surface area (TPSA) is 69.7 Å². The summed E-state index contributed by atoms with van der Waals surface area (Å²) in [5, 5.41) is 3.12. The van der Waals surface area contributed by atoms with E-state index in [9.17, 15) is 17.6 Å². The van der Waals surface area contributed by atoms with Gasteiger partial charge in [-0.1, -0.05) is 30.7 Å². The van der Waals surface area contributed by atoms with Gasteiger partial charge in [0.1, 0.15) is 5.82 Å². The third-order valence-corrected chi connectivity index (χ3v) is 7.91. The predicted molar refractivity (Wildman–Crippen MR) is 139 cm³/mol. The summed E-state index contributed by atoms with van der Waals surface area (Å²) in [6.45, 7) is 3.86. The highest BCUT2D eigenvalue weighted by Gasteiger charge is 2.29. The van der Waals surface area contributed by atoms with Crippen molar-refractivity contribution in [1.82, 2.24) is 4.31 Å². The van der Waals surface area contributed by atoms with Crippen LogP contribution in [-0.4, -0.2) is 38.8 Å². The van der Waals surface area contributed by atoms with Gasteiger partial charge in [-0.25, -0.2) is 12.8 Å². The molecular weight excluding hydrogens is 489 g/mol. The molecule has 1 atom stereocenters. The highest BCUT2D eigenvalue weighted by atomic mass is 35.5. The van der Waals surface area contributed by atoms with Gasteiger partial charge in [0.2, 0.25) is 10.0 Å². The summed E-state index contributed by atoms with van der Waals surface area (Å²) in [7, 11) is -0.130. The first-order valence-corrected chi connectivity index (χ1v) is 13.0. The highest BCUT2D eigenvalue weighted by molar-refractivity contribution is 7.89. The van der Waals surface area contributed by atoms with Gasteiger partial charge in [-0.15, -0.1) is 0 Å². The van der Waals surface area contributed by atoms with Crippen LogP contribution in [0.5, 0.6) is 0 Å². The van der Waals surface area contributed by atoms with Crippen LogP contribution in [0.25, 0.3) is 0 Å². The maximum atomic E-state index is 13.6. The summed E-state index contributed by atoms with van der Waals surface area (Å²) < 4.78 is 42.2. The molecule has 0 aliphatic carbocycles. The molecule has 0 unspecified atom stereocenters. The Hall–Kier alpha value is -2.94. The molecule has 3 aromatic carbocycles. The minimum atomic E-state index is -3.86. The first-order valence-electron chi connectivity index (χ1n) is 11.2. The van der Waals surface area contributed by atoms with E-state index in [1.165, 1.54) is 34.6 Å². The van der Waals surface area contributed by atoms with Crippen molar-refractivity contribution in [3.8, 4) is 0 Å². The van der Waals surface area contributed by atoms with Crippen molar-refractivity contribution < 1.29 is 17.6 Å². The monoisotopic (exact) mass is 517 g/mol. The maximum absolute atomic E-state index is 13.6. The third kappa shape index (κ3) is 6.39. The number of carbonyl (C=O) groups excluding carboxylic acids is 1. The lowest BCUT2D eigenvalue weighted by Gasteiger charge is -2.30. The summed E-state index contributed by atoms with van der Waals surface area (Å²) in [6, 6.07) is 16.6. The zero-order valence-corrected chi connectivity index (χ0v) is 21.7. The van der Waals surface area contributed by atoms with Crippen molar-refractivity contribution in [1.29, 1.82) is 0 Å². The summed E-state index contributed by atoms with van der Waals surface area (Å²) >= 11 is 6.07.